The molecule has 0 aromatic heterocycles. The van der Waals surface area contributed by atoms with E-state index in [2.05, 4.69) is 0 Å². The van der Waals surface area contributed by atoms with Gasteiger partial charge in [0.15, 0.2) is 0 Å². The van der Waals surface area contributed by atoms with Crippen molar-refractivity contribution in [3.05, 3.63) is 27.7 Å². The SMILES string of the molecule is CC(C)CC(C(=O)O)c1cc(Cl)cc(Cl)c1N. The number of hydrogen-bond donors (Lipinski definition) is 2. The minimum Gasteiger partial charge on any atom is -0.481 e. The topological polar surface area (TPSA) is 63.3 Å². The largest absolute Gasteiger partial charge is 0.481 e. The summed E-state index contributed by atoms with van der Waals surface area (Å²) in [6.07, 6.45) is 0.496. The van der Waals surface area contributed by atoms with Gasteiger partial charge in [-0.1, -0.05) is 37.0 Å². The summed E-state index contributed by atoms with van der Waals surface area (Å²) in [4.78, 5) is 11.3. The van der Waals surface area contributed by atoms with Gasteiger partial charge in [-0.05, 0) is 30.0 Å². The molecule has 0 aliphatic heterocycles. The first kappa shape index (κ1) is 14.1. The van der Waals surface area contributed by atoms with Gasteiger partial charge in [-0.3, -0.25) is 4.79 Å². The van der Waals surface area contributed by atoms with Crippen LogP contribution in [0.1, 0.15) is 31.7 Å². The summed E-state index contributed by atoms with van der Waals surface area (Å²) >= 11 is 11.8. The van der Waals surface area contributed by atoms with Gasteiger partial charge in [0.05, 0.1) is 16.6 Å². The van der Waals surface area contributed by atoms with E-state index in [-0.39, 0.29) is 5.92 Å². The lowest BCUT2D eigenvalue weighted by Crippen LogP contribution is -2.16. The average molecular weight is 276 g/mol. The molecule has 17 heavy (non-hydrogen) atoms. The molecule has 1 unspecified atom stereocenters. The third kappa shape index (κ3) is 3.51. The Kier molecular flexibility index (Phi) is 4.66. The number of benzene rings is 1. The maximum atomic E-state index is 11.3. The Morgan fingerprint density at radius 3 is 2.47 bits per heavy atom. The van der Waals surface area contributed by atoms with E-state index in [0.717, 1.165) is 0 Å². The third-order valence-electron chi connectivity index (χ3n) is 2.51. The highest BCUT2D eigenvalue weighted by molar-refractivity contribution is 6.36. The predicted molar refractivity (Wildman–Crippen MR) is 70.7 cm³/mol. The van der Waals surface area contributed by atoms with Crippen molar-refractivity contribution in [2.75, 3.05) is 5.73 Å². The summed E-state index contributed by atoms with van der Waals surface area (Å²) in [5, 5.41) is 9.93. The zero-order chi connectivity index (χ0) is 13.2. The van der Waals surface area contributed by atoms with E-state index in [1.165, 1.54) is 6.07 Å². The molecule has 0 saturated heterocycles. The van der Waals surface area contributed by atoms with Crippen molar-refractivity contribution >= 4 is 34.9 Å². The second-order valence-corrected chi connectivity index (χ2v) is 5.25. The zero-order valence-corrected chi connectivity index (χ0v) is 11.2. The Labute approximate surface area is 111 Å². The van der Waals surface area contributed by atoms with Gasteiger partial charge in [-0.25, -0.2) is 0 Å². The maximum Gasteiger partial charge on any atom is 0.311 e. The smallest absolute Gasteiger partial charge is 0.311 e. The molecule has 0 heterocycles. The predicted octanol–water partition coefficient (Wildman–Crippen LogP) is 3.79. The highest BCUT2D eigenvalue weighted by atomic mass is 35.5. The molecule has 0 fully saturated rings. The molecule has 1 aromatic carbocycles. The minimum atomic E-state index is -0.913. The Morgan fingerprint density at radius 2 is 2.00 bits per heavy atom. The van der Waals surface area contributed by atoms with Gasteiger partial charge in [-0.2, -0.15) is 0 Å². The van der Waals surface area contributed by atoms with Crippen LogP contribution in [0.15, 0.2) is 12.1 Å². The summed E-state index contributed by atoms with van der Waals surface area (Å²) < 4.78 is 0. The summed E-state index contributed by atoms with van der Waals surface area (Å²) in [7, 11) is 0. The fourth-order valence-electron chi connectivity index (χ4n) is 1.73. The van der Waals surface area contributed by atoms with Crippen molar-refractivity contribution in [1.29, 1.82) is 0 Å². The Balaban J connectivity index is 3.22. The van der Waals surface area contributed by atoms with Gasteiger partial charge in [0.1, 0.15) is 0 Å². The van der Waals surface area contributed by atoms with Crippen LogP contribution in [0.3, 0.4) is 0 Å². The summed E-state index contributed by atoms with van der Waals surface area (Å²) in [6.45, 7) is 3.91. The van der Waals surface area contributed by atoms with Crippen LogP contribution in [0.2, 0.25) is 10.0 Å². The van der Waals surface area contributed by atoms with E-state index in [0.29, 0.717) is 27.7 Å². The molecule has 0 saturated carbocycles. The fourth-order valence-corrected chi connectivity index (χ4v) is 2.23. The van der Waals surface area contributed by atoms with Crippen LogP contribution >= 0.6 is 23.2 Å². The minimum absolute atomic E-state index is 0.244. The van der Waals surface area contributed by atoms with Crippen LogP contribution in [0.25, 0.3) is 0 Å². The number of carboxylic acids is 1. The van der Waals surface area contributed by atoms with Crippen LogP contribution in [0, 0.1) is 5.92 Å². The Morgan fingerprint density at radius 1 is 1.41 bits per heavy atom. The summed E-state index contributed by atoms with van der Waals surface area (Å²) in [5.74, 6) is -1.34. The van der Waals surface area contributed by atoms with Gasteiger partial charge in [0.25, 0.3) is 0 Å². The van der Waals surface area contributed by atoms with Crippen LogP contribution in [-0.4, -0.2) is 11.1 Å². The van der Waals surface area contributed by atoms with Crippen molar-refractivity contribution in [3.8, 4) is 0 Å². The van der Waals surface area contributed by atoms with Crippen molar-refractivity contribution in [2.45, 2.75) is 26.2 Å². The summed E-state index contributed by atoms with van der Waals surface area (Å²) in [6, 6.07) is 3.08. The van der Waals surface area contributed by atoms with E-state index in [4.69, 9.17) is 28.9 Å². The number of aliphatic carboxylic acids is 1. The van der Waals surface area contributed by atoms with Gasteiger partial charge < -0.3 is 10.8 Å². The molecule has 0 radical (unpaired) electrons. The quantitative estimate of drug-likeness (QED) is 0.822. The Hall–Kier alpha value is -0.930. The number of nitrogen functional groups attached to an aromatic ring is 1. The highest BCUT2D eigenvalue weighted by Gasteiger charge is 2.24. The van der Waals surface area contributed by atoms with Gasteiger partial charge in [0, 0.05) is 5.02 Å². The first-order chi connectivity index (χ1) is 7.82. The molecule has 1 aromatic rings. The molecule has 0 aliphatic carbocycles. The number of rotatable bonds is 4. The molecule has 0 spiro atoms. The van der Waals surface area contributed by atoms with Crippen LogP contribution in [-0.2, 0) is 4.79 Å². The zero-order valence-electron chi connectivity index (χ0n) is 9.71. The van der Waals surface area contributed by atoms with Gasteiger partial charge in [0.2, 0.25) is 0 Å². The fraction of sp³-hybridized carbons (Fsp3) is 0.417. The number of carbonyl (C=O) groups is 1. The molecule has 0 bridgehead atoms. The molecular weight excluding hydrogens is 261 g/mol. The molecule has 0 amide bonds. The number of hydrogen-bond acceptors (Lipinski definition) is 2. The normalized spacial score (nSPS) is 12.8. The third-order valence-corrected chi connectivity index (χ3v) is 3.04. The molecule has 94 valence electrons. The molecule has 0 aliphatic rings. The maximum absolute atomic E-state index is 11.3. The molecule has 3 N–H and O–H groups in total. The monoisotopic (exact) mass is 275 g/mol. The second kappa shape index (κ2) is 5.61. The number of carboxylic acid groups (broad SMARTS) is 1. The van der Waals surface area contributed by atoms with E-state index in [1.807, 2.05) is 13.8 Å². The average Bonchev–Trinajstić information content (AvgIpc) is 2.19. The number of nitrogens with two attached hydrogens (primary N) is 1. The van der Waals surface area contributed by atoms with Gasteiger partial charge >= 0.3 is 5.97 Å². The molecule has 1 atom stereocenters. The lowest BCUT2D eigenvalue weighted by molar-refractivity contribution is -0.139. The standard InChI is InChI=1S/C12H15Cl2NO2/c1-6(2)3-9(12(16)17)8-4-7(13)5-10(14)11(8)15/h4-6,9H,3,15H2,1-2H3,(H,16,17). The van der Waals surface area contributed by atoms with Crippen LogP contribution in [0.4, 0.5) is 5.69 Å². The van der Waals surface area contributed by atoms with Crippen LogP contribution < -0.4 is 5.73 Å². The Bertz CT molecular complexity index is 433. The van der Waals surface area contributed by atoms with Crippen molar-refractivity contribution < 1.29 is 9.90 Å². The molecule has 3 nitrogen and oxygen atoms in total. The molecule has 1 rings (SSSR count). The lowest BCUT2D eigenvalue weighted by atomic mass is 9.89. The van der Waals surface area contributed by atoms with E-state index < -0.39 is 11.9 Å². The number of anilines is 1. The van der Waals surface area contributed by atoms with E-state index in [9.17, 15) is 9.90 Å². The highest BCUT2D eigenvalue weighted by Crippen LogP contribution is 2.35. The van der Waals surface area contributed by atoms with E-state index >= 15 is 0 Å². The first-order valence-corrected chi connectivity index (χ1v) is 6.05. The van der Waals surface area contributed by atoms with Crippen LogP contribution in [0.5, 0.6) is 0 Å². The summed E-state index contributed by atoms with van der Waals surface area (Å²) in [5.41, 5.74) is 6.60. The first-order valence-electron chi connectivity index (χ1n) is 5.30. The molecular formula is C12H15Cl2NO2. The van der Waals surface area contributed by atoms with Crippen molar-refractivity contribution in [1.82, 2.24) is 0 Å². The second-order valence-electron chi connectivity index (χ2n) is 4.41. The lowest BCUT2D eigenvalue weighted by Gasteiger charge is -2.18. The molecule has 5 heteroatoms. The van der Waals surface area contributed by atoms with Gasteiger partial charge in [-0.15, -0.1) is 0 Å². The van der Waals surface area contributed by atoms with Crippen molar-refractivity contribution in [3.63, 3.8) is 0 Å². The van der Waals surface area contributed by atoms with Crippen molar-refractivity contribution in [2.24, 2.45) is 5.92 Å². The number of halogens is 2. The van der Waals surface area contributed by atoms with E-state index in [1.54, 1.807) is 6.07 Å².